The molecule has 0 aliphatic carbocycles. The van der Waals surface area contributed by atoms with Crippen LogP contribution in [0.3, 0.4) is 0 Å². The van der Waals surface area contributed by atoms with Gasteiger partial charge in [-0.05, 0) is 95.1 Å². The first-order valence-corrected chi connectivity index (χ1v) is 15.2. The molecule has 240 valence electrons. The van der Waals surface area contributed by atoms with Crippen LogP contribution in [0, 0.1) is 0 Å². The summed E-state index contributed by atoms with van der Waals surface area (Å²) in [6.45, 7) is 13.4. The van der Waals surface area contributed by atoms with Gasteiger partial charge in [-0.3, -0.25) is 20.1 Å². The van der Waals surface area contributed by atoms with Crippen molar-refractivity contribution in [3.05, 3.63) is 78.8 Å². The second kappa shape index (κ2) is 13.0. The average Bonchev–Trinajstić information content (AvgIpc) is 3.00. The third-order valence-electron chi connectivity index (χ3n) is 7.14. The molecule has 1 aliphatic heterocycles. The predicted molar refractivity (Wildman–Crippen MR) is 179 cm³/mol. The molecule has 2 aromatic carbocycles. The largest absolute Gasteiger partial charge is 0.444 e. The Bertz CT molecular complexity index is 1740. The number of rotatable bonds is 5. The molecule has 0 bridgehead atoms. The van der Waals surface area contributed by atoms with E-state index in [9.17, 15) is 14.4 Å². The highest BCUT2D eigenvalue weighted by Crippen LogP contribution is 2.30. The number of anilines is 3. The molecular weight excluding hydrogens is 584 g/mol. The molecule has 0 spiro atoms. The van der Waals surface area contributed by atoms with Gasteiger partial charge in [-0.15, -0.1) is 0 Å². The topological polar surface area (TPSA) is 126 Å². The number of nitrogens with zero attached hydrogens (tertiary/aromatic N) is 4. The smallest absolute Gasteiger partial charge is 0.412 e. The summed E-state index contributed by atoms with van der Waals surface area (Å²) in [5, 5.41) is 6.50. The number of pyridine rings is 2. The van der Waals surface area contributed by atoms with E-state index < -0.39 is 17.3 Å². The quantitative estimate of drug-likeness (QED) is 0.244. The van der Waals surface area contributed by atoms with Crippen LogP contribution in [0.1, 0.15) is 51.9 Å². The van der Waals surface area contributed by atoms with Crippen molar-refractivity contribution in [2.75, 3.05) is 41.7 Å². The Labute approximate surface area is 268 Å². The number of hydrogen-bond donors (Lipinski definition) is 2. The summed E-state index contributed by atoms with van der Waals surface area (Å²) in [4.78, 5) is 51.1. The van der Waals surface area contributed by atoms with Crippen molar-refractivity contribution in [3.8, 4) is 11.1 Å². The first-order valence-electron chi connectivity index (χ1n) is 15.2. The van der Waals surface area contributed by atoms with Gasteiger partial charge in [0.15, 0.2) is 0 Å². The van der Waals surface area contributed by atoms with Gasteiger partial charge in [0.2, 0.25) is 0 Å². The summed E-state index contributed by atoms with van der Waals surface area (Å²) in [7, 11) is 0. The summed E-state index contributed by atoms with van der Waals surface area (Å²) in [5.41, 5.74) is 3.43. The number of fused-ring (bicyclic) bond motifs is 1. The predicted octanol–water partition coefficient (Wildman–Crippen LogP) is 6.95. The highest BCUT2D eigenvalue weighted by Gasteiger charge is 2.26. The van der Waals surface area contributed by atoms with E-state index in [1.54, 1.807) is 56.3 Å². The van der Waals surface area contributed by atoms with E-state index in [0.717, 1.165) is 27.7 Å². The lowest BCUT2D eigenvalue weighted by Gasteiger charge is -2.36. The summed E-state index contributed by atoms with van der Waals surface area (Å²) in [5.74, 6) is -0.379. The minimum atomic E-state index is -0.685. The van der Waals surface area contributed by atoms with Crippen molar-refractivity contribution in [1.82, 2.24) is 14.9 Å². The first kappa shape index (κ1) is 32.2. The highest BCUT2D eigenvalue weighted by atomic mass is 16.6. The Morgan fingerprint density at radius 3 is 2.11 bits per heavy atom. The maximum Gasteiger partial charge on any atom is 0.412 e. The van der Waals surface area contributed by atoms with Crippen LogP contribution in [-0.4, -0.2) is 70.3 Å². The number of carbonyl (C=O) groups is 3. The normalized spacial score (nSPS) is 13.7. The van der Waals surface area contributed by atoms with Crippen LogP contribution in [0.25, 0.3) is 22.0 Å². The molecule has 1 aliphatic rings. The number of piperazine rings is 1. The first-order chi connectivity index (χ1) is 21.7. The molecule has 1 saturated heterocycles. The molecule has 2 N–H and O–H groups in total. The average molecular weight is 625 g/mol. The fraction of sp³-hybridized carbons (Fsp3) is 0.343. The number of carbonyl (C=O) groups excluding carboxylic acids is 3. The molecule has 11 heteroatoms. The van der Waals surface area contributed by atoms with Crippen LogP contribution in [0.5, 0.6) is 0 Å². The monoisotopic (exact) mass is 624 g/mol. The zero-order valence-electron chi connectivity index (χ0n) is 27.1. The molecule has 0 saturated carbocycles. The molecule has 5 rings (SSSR count). The molecule has 3 amide bonds. The summed E-state index contributed by atoms with van der Waals surface area (Å²) in [6.07, 6.45) is 3.99. The molecule has 11 nitrogen and oxygen atoms in total. The van der Waals surface area contributed by atoms with Crippen LogP contribution >= 0.6 is 0 Å². The Hall–Kier alpha value is -5.19. The van der Waals surface area contributed by atoms with Crippen molar-refractivity contribution in [1.29, 1.82) is 0 Å². The number of amides is 3. The van der Waals surface area contributed by atoms with Gasteiger partial charge in [-0.1, -0.05) is 12.1 Å². The Balaban J connectivity index is 1.32. The van der Waals surface area contributed by atoms with Crippen molar-refractivity contribution in [2.45, 2.75) is 52.7 Å². The summed E-state index contributed by atoms with van der Waals surface area (Å²) in [6, 6.07) is 16.8. The van der Waals surface area contributed by atoms with E-state index in [1.807, 2.05) is 57.2 Å². The van der Waals surface area contributed by atoms with Gasteiger partial charge in [-0.2, -0.15) is 0 Å². The van der Waals surface area contributed by atoms with Gasteiger partial charge >= 0.3 is 12.2 Å². The molecular formula is C35H40N6O5. The zero-order chi connectivity index (χ0) is 33.1. The standard InChI is InChI=1S/C35H40N6O5/c1-34(2,3)45-32(43)39-28-10-8-24(23-11-13-36-14-12-23)20-30(28)38-31(42)26-19-25-7-9-27(21-29(25)37-22-26)40-15-17-41(18-16-40)33(44)46-35(4,5)6/h7-14,19-22H,15-18H2,1-6H3,(H,38,42)(H,39,43). The van der Waals surface area contributed by atoms with Crippen LogP contribution in [0.2, 0.25) is 0 Å². The second-order valence-electron chi connectivity index (χ2n) is 13.1. The van der Waals surface area contributed by atoms with Crippen molar-refractivity contribution in [3.63, 3.8) is 0 Å². The van der Waals surface area contributed by atoms with Gasteiger partial charge < -0.3 is 24.6 Å². The van der Waals surface area contributed by atoms with E-state index in [-0.39, 0.29) is 12.0 Å². The molecule has 0 atom stereocenters. The van der Waals surface area contributed by atoms with Gasteiger partial charge in [0.1, 0.15) is 11.2 Å². The lowest BCUT2D eigenvalue weighted by Crippen LogP contribution is -2.50. The molecule has 46 heavy (non-hydrogen) atoms. The molecule has 0 unspecified atom stereocenters. The number of nitrogens with one attached hydrogen (secondary N) is 2. The number of benzene rings is 2. The van der Waals surface area contributed by atoms with Crippen molar-refractivity contribution in [2.24, 2.45) is 0 Å². The van der Waals surface area contributed by atoms with Crippen LogP contribution in [-0.2, 0) is 9.47 Å². The Morgan fingerprint density at radius 1 is 0.739 bits per heavy atom. The number of hydrogen-bond acceptors (Lipinski definition) is 8. The summed E-state index contributed by atoms with van der Waals surface area (Å²) >= 11 is 0. The van der Waals surface area contributed by atoms with Gasteiger partial charge in [0, 0.05) is 55.8 Å². The Kier molecular flexibility index (Phi) is 9.13. The fourth-order valence-corrected chi connectivity index (χ4v) is 4.99. The highest BCUT2D eigenvalue weighted by molar-refractivity contribution is 6.08. The number of aromatic nitrogens is 2. The van der Waals surface area contributed by atoms with Gasteiger partial charge in [0.05, 0.1) is 22.5 Å². The lowest BCUT2D eigenvalue weighted by molar-refractivity contribution is 0.0240. The third kappa shape index (κ3) is 8.29. The third-order valence-corrected chi connectivity index (χ3v) is 7.14. The zero-order valence-corrected chi connectivity index (χ0v) is 27.1. The second-order valence-corrected chi connectivity index (χ2v) is 13.1. The Morgan fingerprint density at radius 2 is 1.43 bits per heavy atom. The van der Waals surface area contributed by atoms with Gasteiger partial charge in [-0.25, -0.2) is 9.59 Å². The van der Waals surface area contributed by atoms with Crippen LogP contribution in [0.15, 0.2) is 73.2 Å². The molecule has 2 aromatic heterocycles. The van der Waals surface area contributed by atoms with E-state index in [2.05, 4.69) is 25.5 Å². The van der Waals surface area contributed by atoms with Crippen LogP contribution in [0.4, 0.5) is 26.7 Å². The minimum absolute atomic E-state index is 0.296. The van der Waals surface area contributed by atoms with E-state index in [1.165, 1.54) is 6.20 Å². The lowest BCUT2D eigenvalue weighted by atomic mass is 10.1. The maximum atomic E-state index is 13.5. The molecule has 1 fully saturated rings. The van der Waals surface area contributed by atoms with E-state index in [0.29, 0.717) is 43.1 Å². The molecule has 4 aromatic rings. The van der Waals surface area contributed by atoms with Gasteiger partial charge in [0.25, 0.3) is 5.91 Å². The minimum Gasteiger partial charge on any atom is -0.444 e. The van der Waals surface area contributed by atoms with Crippen molar-refractivity contribution < 1.29 is 23.9 Å². The molecule has 0 radical (unpaired) electrons. The maximum absolute atomic E-state index is 13.5. The SMILES string of the molecule is CC(C)(C)OC(=O)Nc1ccc(-c2ccncc2)cc1NC(=O)c1cnc2cc(N3CCN(C(=O)OC(C)(C)C)CC3)ccc2c1. The fourth-order valence-electron chi connectivity index (χ4n) is 4.99. The van der Waals surface area contributed by atoms with E-state index in [4.69, 9.17) is 9.47 Å². The van der Waals surface area contributed by atoms with Crippen molar-refractivity contribution >= 4 is 46.1 Å². The van der Waals surface area contributed by atoms with Crippen LogP contribution < -0.4 is 15.5 Å². The number of ether oxygens (including phenoxy) is 2. The van der Waals surface area contributed by atoms with E-state index >= 15 is 0 Å². The summed E-state index contributed by atoms with van der Waals surface area (Å²) < 4.78 is 10.9. The molecule has 3 heterocycles.